The molecule has 3 unspecified atom stereocenters. The van der Waals surface area contributed by atoms with Crippen molar-refractivity contribution in [2.45, 2.75) is 70.6 Å². The van der Waals surface area contributed by atoms with E-state index in [1.165, 1.54) is 38.5 Å². The van der Waals surface area contributed by atoms with E-state index in [0.29, 0.717) is 18.2 Å². The van der Waals surface area contributed by atoms with Gasteiger partial charge in [0.2, 0.25) is 0 Å². The minimum atomic E-state index is 0.505. The van der Waals surface area contributed by atoms with Crippen LogP contribution in [0.3, 0.4) is 0 Å². The van der Waals surface area contributed by atoms with Gasteiger partial charge >= 0.3 is 0 Å². The Bertz CT molecular complexity index is 149. The van der Waals surface area contributed by atoms with E-state index >= 15 is 0 Å². The number of nitrogens with one attached hydrogen (secondary N) is 1. The zero-order chi connectivity index (χ0) is 10.4. The molecule has 2 heteroatoms. The van der Waals surface area contributed by atoms with Crippen molar-refractivity contribution in [3.63, 3.8) is 0 Å². The Kier molecular flexibility index (Phi) is 5.49. The molecule has 0 aromatic heterocycles. The molecule has 0 heterocycles. The lowest BCUT2D eigenvalue weighted by Gasteiger charge is -2.19. The van der Waals surface area contributed by atoms with Crippen LogP contribution in [0.4, 0.5) is 0 Å². The molecule has 1 N–H and O–H groups in total. The fourth-order valence-electron chi connectivity index (χ4n) is 2.30. The maximum Gasteiger partial charge on any atom is 0.0586 e. The quantitative estimate of drug-likeness (QED) is 0.710. The van der Waals surface area contributed by atoms with E-state index in [-0.39, 0.29) is 0 Å². The van der Waals surface area contributed by atoms with E-state index in [0.717, 1.165) is 0 Å². The average Bonchev–Trinajstić information content (AvgIpc) is 2.62. The third kappa shape index (κ3) is 3.97. The van der Waals surface area contributed by atoms with Crippen molar-refractivity contribution in [1.29, 1.82) is 0 Å². The molecule has 0 amide bonds. The largest absolute Gasteiger partial charge is 0.381 e. The number of hydrogen-bond donors (Lipinski definition) is 1. The van der Waals surface area contributed by atoms with Crippen LogP contribution in [0.25, 0.3) is 0 Å². The Hall–Kier alpha value is -0.0800. The molecule has 14 heavy (non-hydrogen) atoms. The third-order valence-electron chi connectivity index (χ3n) is 3.23. The van der Waals surface area contributed by atoms with E-state index in [4.69, 9.17) is 4.74 Å². The summed E-state index contributed by atoms with van der Waals surface area (Å²) >= 11 is 0. The van der Waals surface area contributed by atoms with Crippen molar-refractivity contribution in [3.8, 4) is 0 Å². The van der Waals surface area contributed by atoms with Crippen LogP contribution in [0.5, 0.6) is 0 Å². The lowest BCUT2D eigenvalue weighted by Crippen LogP contribution is -2.35. The first-order valence-corrected chi connectivity index (χ1v) is 6.05. The van der Waals surface area contributed by atoms with E-state index in [1.54, 1.807) is 0 Å². The molecular formula is C12H25NO. The van der Waals surface area contributed by atoms with Gasteiger partial charge in [0.1, 0.15) is 0 Å². The van der Waals surface area contributed by atoms with Gasteiger partial charge in [-0.25, -0.2) is 0 Å². The van der Waals surface area contributed by atoms with Gasteiger partial charge in [-0.1, -0.05) is 19.8 Å². The molecule has 3 atom stereocenters. The highest BCUT2D eigenvalue weighted by atomic mass is 16.5. The summed E-state index contributed by atoms with van der Waals surface area (Å²) in [4.78, 5) is 0. The Morgan fingerprint density at radius 3 is 2.79 bits per heavy atom. The minimum Gasteiger partial charge on any atom is -0.381 e. The lowest BCUT2D eigenvalue weighted by molar-refractivity contribution is 0.106. The van der Waals surface area contributed by atoms with Crippen LogP contribution >= 0.6 is 0 Å². The fraction of sp³-hybridized carbons (Fsp3) is 1.00. The van der Waals surface area contributed by atoms with Gasteiger partial charge < -0.3 is 10.1 Å². The van der Waals surface area contributed by atoms with E-state index < -0.39 is 0 Å². The van der Waals surface area contributed by atoms with Crippen molar-refractivity contribution >= 4 is 0 Å². The highest BCUT2D eigenvalue weighted by Crippen LogP contribution is 2.22. The number of rotatable bonds is 6. The Morgan fingerprint density at radius 2 is 2.21 bits per heavy atom. The standard InChI is InChI=1S/C12H25NO/c1-4-5-6-10(2)13-11-7-8-12(9-11)14-3/h10-13H,4-9H2,1-3H3. The molecule has 0 spiro atoms. The van der Waals surface area contributed by atoms with Gasteiger partial charge in [-0.15, -0.1) is 0 Å². The van der Waals surface area contributed by atoms with Crippen LogP contribution < -0.4 is 5.32 Å². The summed E-state index contributed by atoms with van der Waals surface area (Å²) in [5.74, 6) is 0. The van der Waals surface area contributed by atoms with Gasteiger partial charge in [-0.05, 0) is 32.6 Å². The molecule has 1 rings (SSSR count). The summed E-state index contributed by atoms with van der Waals surface area (Å²) in [6, 6.07) is 1.38. The minimum absolute atomic E-state index is 0.505. The second-order valence-corrected chi connectivity index (χ2v) is 4.58. The maximum absolute atomic E-state index is 5.36. The third-order valence-corrected chi connectivity index (χ3v) is 3.23. The lowest BCUT2D eigenvalue weighted by atomic mass is 10.1. The number of hydrogen-bond acceptors (Lipinski definition) is 2. The molecular weight excluding hydrogens is 174 g/mol. The summed E-state index contributed by atoms with van der Waals surface area (Å²) in [6.45, 7) is 4.55. The van der Waals surface area contributed by atoms with Gasteiger partial charge in [-0.3, -0.25) is 0 Å². The van der Waals surface area contributed by atoms with Crippen LogP contribution in [0.15, 0.2) is 0 Å². The van der Waals surface area contributed by atoms with Gasteiger partial charge in [-0.2, -0.15) is 0 Å². The summed E-state index contributed by atoms with van der Waals surface area (Å²) in [7, 11) is 1.83. The number of ether oxygens (including phenoxy) is 1. The molecule has 1 aliphatic carbocycles. The molecule has 0 aliphatic heterocycles. The topological polar surface area (TPSA) is 21.3 Å². The van der Waals surface area contributed by atoms with Crippen molar-refractivity contribution in [3.05, 3.63) is 0 Å². The van der Waals surface area contributed by atoms with Crippen molar-refractivity contribution in [1.82, 2.24) is 5.32 Å². The first-order chi connectivity index (χ1) is 6.76. The molecule has 1 aliphatic rings. The first-order valence-electron chi connectivity index (χ1n) is 6.05. The predicted octanol–water partition coefficient (Wildman–Crippen LogP) is 2.72. The zero-order valence-electron chi connectivity index (χ0n) is 9.88. The summed E-state index contributed by atoms with van der Waals surface area (Å²) in [6.07, 6.45) is 8.18. The van der Waals surface area contributed by atoms with Crippen LogP contribution in [0.2, 0.25) is 0 Å². The normalized spacial score (nSPS) is 29.4. The average molecular weight is 199 g/mol. The summed E-state index contributed by atoms with van der Waals surface area (Å²) < 4.78 is 5.36. The summed E-state index contributed by atoms with van der Waals surface area (Å²) in [5, 5.41) is 3.70. The van der Waals surface area contributed by atoms with E-state index in [2.05, 4.69) is 19.2 Å². The van der Waals surface area contributed by atoms with Gasteiger partial charge in [0, 0.05) is 19.2 Å². The first kappa shape index (κ1) is 12.0. The van der Waals surface area contributed by atoms with Crippen LogP contribution in [0, 0.1) is 0 Å². The number of methoxy groups -OCH3 is 1. The smallest absolute Gasteiger partial charge is 0.0586 e. The predicted molar refractivity (Wildman–Crippen MR) is 60.6 cm³/mol. The van der Waals surface area contributed by atoms with Crippen LogP contribution in [-0.2, 0) is 4.74 Å². The van der Waals surface area contributed by atoms with Crippen LogP contribution in [0.1, 0.15) is 52.4 Å². The zero-order valence-corrected chi connectivity index (χ0v) is 9.88. The fourth-order valence-corrected chi connectivity index (χ4v) is 2.30. The monoisotopic (exact) mass is 199 g/mol. The van der Waals surface area contributed by atoms with Crippen molar-refractivity contribution < 1.29 is 4.74 Å². The molecule has 0 radical (unpaired) electrons. The molecule has 84 valence electrons. The van der Waals surface area contributed by atoms with Gasteiger partial charge in [0.05, 0.1) is 6.10 Å². The highest BCUT2D eigenvalue weighted by Gasteiger charge is 2.24. The SMILES string of the molecule is CCCCC(C)NC1CCC(OC)C1. The second-order valence-electron chi connectivity index (χ2n) is 4.58. The molecule has 0 aromatic carbocycles. The highest BCUT2D eigenvalue weighted by molar-refractivity contribution is 4.82. The van der Waals surface area contributed by atoms with E-state index in [9.17, 15) is 0 Å². The summed E-state index contributed by atoms with van der Waals surface area (Å²) in [5.41, 5.74) is 0. The Morgan fingerprint density at radius 1 is 1.43 bits per heavy atom. The Labute approximate surface area is 88.4 Å². The van der Waals surface area contributed by atoms with Crippen molar-refractivity contribution in [2.24, 2.45) is 0 Å². The maximum atomic E-state index is 5.36. The molecule has 0 saturated heterocycles. The Balaban J connectivity index is 2.12. The van der Waals surface area contributed by atoms with Crippen molar-refractivity contribution in [2.75, 3.05) is 7.11 Å². The van der Waals surface area contributed by atoms with E-state index in [1.807, 2.05) is 7.11 Å². The van der Waals surface area contributed by atoms with Crippen LogP contribution in [-0.4, -0.2) is 25.3 Å². The van der Waals surface area contributed by atoms with Gasteiger partial charge in [0.15, 0.2) is 0 Å². The second kappa shape index (κ2) is 6.41. The molecule has 1 fully saturated rings. The molecule has 1 saturated carbocycles. The number of unbranched alkanes of at least 4 members (excludes halogenated alkanes) is 1. The molecule has 0 aromatic rings. The molecule has 0 bridgehead atoms. The van der Waals surface area contributed by atoms with Gasteiger partial charge in [0.25, 0.3) is 0 Å². The molecule has 2 nitrogen and oxygen atoms in total.